The lowest BCUT2D eigenvalue weighted by atomic mass is 9.88. The van der Waals surface area contributed by atoms with E-state index < -0.39 is 0 Å². The first-order chi connectivity index (χ1) is 14.2. The summed E-state index contributed by atoms with van der Waals surface area (Å²) in [5, 5.41) is 7.00. The predicted molar refractivity (Wildman–Crippen MR) is 136 cm³/mol. The van der Waals surface area contributed by atoms with Crippen LogP contribution in [0.15, 0.2) is 4.99 Å². The van der Waals surface area contributed by atoms with E-state index >= 15 is 0 Å². The van der Waals surface area contributed by atoms with Gasteiger partial charge in [0.25, 0.3) is 0 Å². The number of hydrogen-bond acceptors (Lipinski definition) is 3. The van der Waals surface area contributed by atoms with Crippen molar-refractivity contribution in [2.45, 2.75) is 77.2 Å². The number of halogens is 1. The van der Waals surface area contributed by atoms with Crippen molar-refractivity contribution in [3.8, 4) is 0 Å². The number of unbranched alkanes of at least 4 members (excludes halogenated alkanes) is 1. The first-order valence-corrected chi connectivity index (χ1v) is 12.1. The van der Waals surface area contributed by atoms with E-state index in [1.54, 1.807) is 0 Å². The van der Waals surface area contributed by atoms with Crippen molar-refractivity contribution in [1.82, 2.24) is 20.4 Å². The van der Waals surface area contributed by atoms with Crippen LogP contribution in [0.2, 0.25) is 0 Å². The molecule has 0 aromatic carbocycles. The number of hydrogen-bond donors (Lipinski definition) is 2. The maximum absolute atomic E-state index is 12.7. The van der Waals surface area contributed by atoms with Gasteiger partial charge in [0.05, 0.1) is 0 Å². The number of nitrogens with zero attached hydrogens (tertiary/aromatic N) is 3. The van der Waals surface area contributed by atoms with E-state index in [9.17, 15) is 4.79 Å². The van der Waals surface area contributed by atoms with Crippen molar-refractivity contribution in [2.75, 3.05) is 46.3 Å². The second-order valence-corrected chi connectivity index (χ2v) is 9.50. The zero-order valence-corrected chi connectivity index (χ0v) is 21.5. The van der Waals surface area contributed by atoms with Gasteiger partial charge in [0, 0.05) is 45.2 Å². The molecule has 3 aliphatic rings. The lowest BCUT2D eigenvalue weighted by Gasteiger charge is -2.30. The summed E-state index contributed by atoms with van der Waals surface area (Å²) >= 11 is 0. The quantitative estimate of drug-likeness (QED) is 0.228. The number of aliphatic imine (C=N–C) groups is 1. The van der Waals surface area contributed by atoms with E-state index in [0.717, 1.165) is 50.8 Å². The molecule has 0 bridgehead atoms. The Morgan fingerprint density at radius 3 is 2.53 bits per heavy atom. The molecule has 3 rings (SSSR count). The lowest BCUT2D eigenvalue weighted by Crippen LogP contribution is -2.45. The molecule has 3 fully saturated rings. The van der Waals surface area contributed by atoms with Crippen LogP contribution >= 0.6 is 24.0 Å². The maximum Gasteiger partial charge on any atom is 0.225 e. The first kappa shape index (κ1) is 25.7. The number of guanidine groups is 1. The van der Waals surface area contributed by atoms with Gasteiger partial charge in [-0.3, -0.25) is 9.79 Å². The lowest BCUT2D eigenvalue weighted by molar-refractivity contribution is -0.135. The van der Waals surface area contributed by atoms with Crippen LogP contribution in [0.5, 0.6) is 0 Å². The summed E-state index contributed by atoms with van der Waals surface area (Å²) in [4.78, 5) is 21.8. The highest BCUT2D eigenvalue weighted by Crippen LogP contribution is 2.26. The molecule has 2 atom stereocenters. The van der Waals surface area contributed by atoms with Gasteiger partial charge < -0.3 is 20.4 Å². The molecule has 0 aromatic rings. The molecule has 2 N–H and O–H groups in total. The SMILES string of the molecule is CN=C(NCCCCN1CCCC(C)C1)NC1CCN(C(=O)C2CCCCC2)C1.I. The first-order valence-electron chi connectivity index (χ1n) is 12.1. The van der Waals surface area contributed by atoms with Gasteiger partial charge in [-0.15, -0.1) is 24.0 Å². The molecule has 2 saturated heterocycles. The zero-order valence-electron chi connectivity index (χ0n) is 19.2. The molecule has 7 heteroatoms. The number of likely N-dealkylation sites (tertiary alicyclic amines) is 2. The summed E-state index contributed by atoms with van der Waals surface area (Å²) in [6.07, 6.45) is 12.1. The molecule has 2 heterocycles. The number of carbonyl (C=O) groups is 1. The molecule has 1 saturated carbocycles. The monoisotopic (exact) mass is 533 g/mol. The molecular formula is C23H44IN5O. The average molecular weight is 534 g/mol. The van der Waals surface area contributed by atoms with Crippen LogP contribution in [0, 0.1) is 11.8 Å². The van der Waals surface area contributed by atoms with E-state index in [1.165, 1.54) is 64.6 Å². The number of carbonyl (C=O) groups excluding carboxylic acids is 1. The van der Waals surface area contributed by atoms with Crippen molar-refractivity contribution >= 4 is 35.8 Å². The van der Waals surface area contributed by atoms with Gasteiger partial charge in [-0.1, -0.05) is 26.2 Å². The van der Waals surface area contributed by atoms with E-state index in [2.05, 4.69) is 32.3 Å². The third kappa shape index (κ3) is 8.17. The van der Waals surface area contributed by atoms with Crippen molar-refractivity contribution in [3.63, 3.8) is 0 Å². The zero-order chi connectivity index (χ0) is 20.5. The van der Waals surface area contributed by atoms with Crippen LogP contribution in [-0.2, 0) is 4.79 Å². The van der Waals surface area contributed by atoms with Crippen LogP contribution in [0.1, 0.15) is 71.1 Å². The fourth-order valence-electron chi connectivity index (χ4n) is 5.23. The Morgan fingerprint density at radius 1 is 1.00 bits per heavy atom. The smallest absolute Gasteiger partial charge is 0.225 e. The van der Waals surface area contributed by atoms with Gasteiger partial charge in [0.1, 0.15) is 0 Å². The molecule has 0 radical (unpaired) electrons. The Bertz CT molecular complexity index is 538. The standard InChI is InChI=1S/C23H43N5O.HI/c1-19-9-8-15-27(17-19)14-7-6-13-25-23(24-2)26-21-12-16-28(18-21)22(29)20-10-4-3-5-11-20;/h19-21H,3-18H2,1-2H3,(H2,24,25,26);1H. The Labute approximate surface area is 201 Å². The highest BCUT2D eigenvalue weighted by Gasteiger charge is 2.31. The van der Waals surface area contributed by atoms with Gasteiger partial charge >= 0.3 is 0 Å². The summed E-state index contributed by atoms with van der Waals surface area (Å²) in [6, 6.07) is 0.323. The summed E-state index contributed by atoms with van der Waals surface area (Å²) < 4.78 is 0. The normalized spacial score (nSPS) is 26.3. The average Bonchev–Trinajstić information content (AvgIpc) is 3.21. The second kappa shape index (κ2) is 13.8. The van der Waals surface area contributed by atoms with Gasteiger partial charge in [-0.2, -0.15) is 0 Å². The number of rotatable bonds is 7. The summed E-state index contributed by atoms with van der Waals surface area (Å²) in [5.41, 5.74) is 0. The van der Waals surface area contributed by atoms with Crippen molar-refractivity contribution < 1.29 is 4.79 Å². The molecule has 0 aromatic heterocycles. The van der Waals surface area contributed by atoms with Gasteiger partial charge in [0.15, 0.2) is 5.96 Å². The van der Waals surface area contributed by atoms with Crippen molar-refractivity contribution in [1.29, 1.82) is 0 Å². The third-order valence-corrected chi connectivity index (χ3v) is 6.95. The predicted octanol–water partition coefficient (Wildman–Crippen LogP) is 3.46. The van der Waals surface area contributed by atoms with Crippen LogP contribution < -0.4 is 10.6 Å². The van der Waals surface area contributed by atoms with Crippen molar-refractivity contribution in [2.24, 2.45) is 16.8 Å². The van der Waals surface area contributed by atoms with Gasteiger partial charge in [0.2, 0.25) is 5.91 Å². The summed E-state index contributed by atoms with van der Waals surface area (Å²) in [6.45, 7) is 8.81. The Kier molecular flexibility index (Phi) is 11.8. The highest BCUT2D eigenvalue weighted by atomic mass is 127. The number of piperidine rings is 1. The summed E-state index contributed by atoms with van der Waals surface area (Å²) in [7, 11) is 1.84. The maximum atomic E-state index is 12.7. The van der Waals surface area contributed by atoms with E-state index in [0.29, 0.717) is 11.9 Å². The van der Waals surface area contributed by atoms with Gasteiger partial charge in [-0.05, 0) is 64.0 Å². The molecule has 30 heavy (non-hydrogen) atoms. The molecule has 0 spiro atoms. The third-order valence-electron chi connectivity index (χ3n) is 6.95. The minimum absolute atomic E-state index is 0. The van der Waals surface area contributed by atoms with Gasteiger partial charge in [-0.25, -0.2) is 0 Å². The largest absolute Gasteiger partial charge is 0.356 e. The number of nitrogens with one attached hydrogen (secondary N) is 2. The second-order valence-electron chi connectivity index (χ2n) is 9.50. The molecule has 1 amide bonds. The summed E-state index contributed by atoms with van der Waals surface area (Å²) in [5.74, 6) is 2.42. The van der Waals surface area contributed by atoms with Crippen LogP contribution in [-0.4, -0.2) is 74.0 Å². The Balaban J connectivity index is 0.00000320. The van der Waals surface area contributed by atoms with E-state index in [-0.39, 0.29) is 29.9 Å². The Morgan fingerprint density at radius 2 is 1.80 bits per heavy atom. The minimum atomic E-state index is 0. The van der Waals surface area contributed by atoms with Crippen molar-refractivity contribution in [3.05, 3.63) is 0 Å². The Hall–Kier alpha value is -0.570. The fraction of sp³-hybridized carbons (Fsp3) is 0.913. The molecule has 6 nitrogen and oxygen atoms in total. The topological polar surface area (TPSA) is 60.0 Å². The highest BCUT2D eigenvalue weighted by molar-refractivity contribution is 14.0. The van der Waals surface area contributed by atoms with Crippen LogP contribution in [0.3, 0.4) is 0 Å². The molecule has 2 aliphatic heterocycles. The molecule has 174 valence electrons. The van der Waals surface area contributed by atoms with Crippen LogP contribution in [0.25, 0.3) is 0 Å². The minimum Gasteiger partial charge on any atom is -0.356 e. The van der Waals surface area contributed by atoms with Crippen LogP contribution in [0.4, 0.5) is 0 Å². The molecule has 1 aliphatic carbocycles. The molecular weight excluding hydrogens is 489 g/mol. The van der Waals surface area contributed by atoms with E-state index in [1.807, 2.05) is 7.05 Å². The van der Waals surface area contributed by atoms with E-state index in [4.69, 9.17) is 0 Å². The number of amides is 1. The molecule has 2 unspecified atom stereocenters. The fourth-order valence-corrected chi connectivity index (χ4v) is 5.23.